The molecule has 21 heavy (non-hydrogen) atoms. The lowest BCUT2D eigenvalue weighted by Crippen LogP contribution is -2.19. The third-order valence-corrected chi connectivity index (χ3v) is 5.78. The number of ether oxygens (including phenoxy) is 1. The fraction of sp³-hybridized carbons (Fsp3) is 0.625. The van der Waals surface area contributed by atoms with Gasteiger partial charge in [-0.25, -0.2) is 9.97 Å². The fourth-order valence-corrected chi connectivity index (χ4v) is 4.78. The van der Waals surface area contributed by atoms with Gasteiger partial charge in [-0.1, -0.05) is 6.92 Å². The van der Waals surface area contributed by atoms with Crippen molar-refractivity contribution in [2.45, 2.75) is 45.1 Å². The Hall–Kier alpha value is -1.20. The summed E-state index contributed by atoms with van der Waals surface area (Å²) in [5, 5.41) is 4.77. The monoisotopic (exact) mass is 303 g/mol. The van der Waals surface area contributed by atoms with Crippen LogP contribution >= 0.6 is 11.3 Å². The first-order chi connectivity index (χ1) is 10.3. The molecular formula is C16H21N3OS. The zero-order chi connectivity index (χ0) is 14.2. The van der Waals surface area contributed by atoms with Crippen molar-refractivity contribution in [2.75, 3.05) is 18.5 Å². The van der Waals surface area contributed by atoms with Crippen LogP contribution in [0.5, 0.6) is 0 Å². The van der Waals surface area contributed by atoms with Crippen molar-refractivity contribution in [1.29, 1.82) is 0 Å². The van der Waals surface area contributed by atoms with Crippen molar-refractivity contribution >= 4 is 27.4 Å². The molecule has 4 rings (SSSR count). The van der Waals surface area contributed by atoms with Crippen LogP contribution in [0, 0.1) is 5.92 Å². The summed E-state index contributed by atoms with van der Waals surface area (Å²) < 4.78 is 5.69. The summed E-state index contributed by atoms with van der Waals surface area (Å²) in [7, 11) is 0. The number of nitrogens with zero attached hydrogens (tertiary/aromatic N) is 2. The van der Waals surface area contributed by atoms with Gasteiger partial charge in [-0.2, -0.15) is 0 Å². The van der Waals surface area contributed by atoms with E-state index in [1.54, 1.807) is 6.33 Å². The molecule has 0 radical (unpaired) electrons. The highest BCUT2D eigenvalue weighted by atomic mass is 32.1. The Bertz CT molecular complexity index is 648. The number of thiophene rings is 1. The van der Waals surface area contributed by atoms with Crippen molar-refractivity contribution in [3.63, 3.8) is 0 Å². The van der Waals surface area contributed by atoms with Crippen molar-refractivity contribution < 1.29 is 4.74 Å². The summed E-state index contributed by atoms with van der Waals surface area (Å²) >= 11 is 1.85. The lowest BCUT2D eigenvalue weighted by molar-refractivity contribution is 0.120. The summed E-state index contributed by atoms with van der Waals surface area (Å²) in [6, 6.07) is 0. The molecule has 2 aliphatic rings. The highest BCUT2D eigenvalue weighted by molar-refractivity contribution is 7.19. The van der Waals surface area contributed by atoms with E-state index in [-0.39, 0.29) is 0 Å². The molecule has 1 saturated heterocycles. The molecule has 4 nitrogen and oxygen atoms in total. The van der Waals surface area contributed by atoms with E-state index in [1.807, 2.05) is 11.3 Å². The number of aryl methyl sites for hydroxylation is 1. The zero-order valence-corrected chi connectivity index (χ0v) is 13.2. The van der Waals surface area contributed by atoms with E-state index in [0.717, 1.165) is 36.1 Å². The predicted molar refractivity (Wildman–Crippen MR) is 86.1 cm³/mol. The maximum atomic E-state index is 5.69. The van der Waals surface area contributed by atoms with E-state index in [2.05, 4.69) is 22.2 Å². The molecule has 0 amide bonds. The normalized spacial score (nSPS) is 25.2. The Morgan fingerprint density at radius 2 is 2.33 bits per heavy atom. The van der Waals surface area contributed by atoms with E-state index < -0.39 is 0 Å². The molecule has 0 spiro atoms. The highest BCUT2D eigenvalue weighted by Gasteiger charge is 2.23. The molecule has 2 atom stereocenters. The second-order valence-corrected chi connectivity index (χ2v) is 7.35. The fourth-order valence-electron chi connectivity index (χ4n) is 3.42. The van der Waals surface area contributed by atoms with E-state index in [9.17, 15) is 0 Å². The van der Waals surface area contributed by atoms with Crippen molar-refractivity contribution in [1.82, 2.24) is 9.97 Å². The molecule has 5 heteroatoms. The van der Waals surface area contributed by atoms with Gasteiger partial charge >= 0.3 is 0 Å². The van der Waals surface area contributed by atoms with Crippen LogP contribution < -0.4 is 5.32 Å². The number of hydrogen-bond donors (Lipinski definition) is 1. The maximum Gasteiger partial charge on any atom is 0.138 e. The second kappa shape index (κ2) is 5.54. The van der Waals surface area contributed by atoms with Crippen LogP contribution in [-0.2, 0) is 17.6 Å². The number of aromatic nitrogens is 2. The molecule has 0 bridgehead atoms. The van der Waals surface area contributed by atoms with Gasteiger partial charge in [-0.15, -0.1) is 11.3 Å². The molecular weight excluding hydrogens is 282 g/mol. The van der Waals surface area contributed by atoms with E-state index >= 15 is 0 Å². The van der Waals surface area contributed by atoms with Gasteiger partial charge in [0.05, 0.1) is 11.5 Å². The number of fused-ring (bicyclic) bond motifs is 3. The molecule has 1 aliphatic heterocycles. The van der Waals surface area contributed by atoms with Crippen LogP contribution in [0.15, 0.2) is 6.33 Å². The third-order valence-electron chi connectivity index (χ3n) is 4.61. The van der Waals surface area contributed by atoms with Gasteiger partial charge in [0, 0.05) is 18.0 Å². The van der Waals surface area contributed by atoms with Gasteiger partial charge in [0.25, 0.3) is 0 Å². The molecule has 1 N–H and O–H groups in total. The molecule has 1 aliphatic carbocycles. The zero-order valence-electron chi connectivity index (χ0n) is 12.4. The Kier molecular flexibility index (Phi) is 3.55. The molecule has 3 heterocycles. The maximum absolute atomic E-state index is 5.69. The quantitative estimate of drug-likeness (QED) is 0.944. The topological polar surface area (TPSA) is 47.0 Å². The first-order valence-corrected chi connectivity index (χ1v) is 8.73. The largest absolute Gasteiger partial charge is 0.376 e. The van der Waals surface area contributed by atoms with Crippen LogP contribution in [0.1, 0.15) is 36.6 Å². The van der Waals surface area contributed by atoms with Gasteiger partial charge in [-0.3, -0.25) is 0 Å². The molecule has 1 fully saturated rings. The average molecular weight is 303 g/mol. The first kappa shape index (κ1) is 13.5. The number of rotatable bonds is 3. The Labute approximate surface area is 128 Å². The van der Waals surface area contributed by atoms with E-state index in [1.165, 1.54) is 41.5 Å². The summed E-state index contributed by atoms with van der Waals surface area (Å²) in [5.41, 5.74) is 1.49. The Morgan fingerprint density at radius 1 is 1.38 bits per heavy atom. The van der Waals surface area contributed by atoms with Crippen molar-refractivity contribution in [3.8, 4) is 0 Å². The van der Waals surface area contributed by atoms with Gasteiger partial charge in [-0.05, 0) is 43.6 Å². The lowest BCUT2D eigenvalue weighted by Gasteiger charge is -2.18. The summed E-state index contributed by atoms with van der Waals surface area (Å²) in [4.78, 5) is 11.6. The number of anilines is 1. The van der Waals surface area contributed by atoms with Gasteiger partial charge in [0.2, 0.25) is 0 Å². The minimum atomic E-state index is 0.337. The van der Waals surface area contributed by atoms with Crippen LogP contribution in [0.2, 0.25) is 0 Å². The molecule has 112 valence electrons. The average Bonchev–Trinajstić information content (AvgIpc) is 3.11. The van der Waals surface area contributed by atoms with Crippen molar-refractivity contribution in [2.24, 2.45) is 5.92 Å². The summed E-state index contributed by atoms with van der Waals surface area (Å²) in [5.74, 6) is 1.80. The van der Waals surface area contributed by atoms with Crippen LogP contribution in [-0.4, -0.2) is 29.2 Å². The van der Waals surface area contributed by atoms with Gasteiger partial charge in [0.15, 0.2) is 0 Å². The summed E-state index contributed by atoms with van der Waals surface area (Å²) in [6.07, 6.45) is 7.99. The van der Waals surface area contributed by atoms with E-state index in [4.69, 9.17) is 4.74 Å². The SMILES string of the molecule is C[C@@H]1CCc2c(sc3ncnc(NC[C@H]4CCCO4)c23)C1. The second-order valence-electron chi connectivity index (χ2n) is 6.27. The predicted octanol–water partition coefficient (Wildman–Crippen LogP) is 3.41. The molecule has 0 saturated carbocycles. The van der Waals surface area contributed by atoms with Gasteiger partial charge < -0.3 is 10.1 Å². The van der Waals surface area contributed by atoms with Crippen LogP contribution in [0.25, 0.3) is 10.2 Å². The number of nitrogens with one attached hydrogen (secondary N) is 1. The van der Waals surface area contributed by atoms with Gasteiger partial charge in [0.1, 0.15) is 17.0 Å². The molecule has 0 unspecified atom stereocenters. The van der Waals surface area contributed by atoms with Crippen LogP contribution in [0.3, 0.4) is 0 Å². The first-order valence-electron chi connectivity index (χ1n) is 7.92. The molecule has 2 aromatic rings. The molecule has 2 aromatic heterocycles. The van der Waals surface area contributed by atoms with Crippen molar-refractivity contribution in [3.05, 3.63) is 16.8 Å². The highest BCUT2D eigenvalue weighted by Crippen LogP contribution is 2.39. The smallest absolute Gasteiger partial charge is 0.138 e. The van der Waals surface area contributed by atoms with E-state index in [0.29, 0.717) is 6.10 Å². The third kappa shape index (κ3) is 2.53. The molecule has 0 aromatic carbocycles. The lowest BCUT2D eigenvalue weighted by atomic mass is 9.89. The Balaban J connectivity index is 1.65. The Morgan fingerprint density at radius 3 is 3.19 bits per heavy atom. The minimum absolute atomic E-state index is 0.337. The minimum Gasteiger partial charge on any atom is -0.376 e. The van der Waals surface area contributed by atoms with Crippen LogP contribution in [0.4, 0.5) is 5.82 Å². The standard InChI is InChI=1S/C16H21N3OS/c1-10-4-5-12-13(7-10)21-16-14(12)15(18-9-19-16)17-8-11-3-2-6-20-11/h9-11H,2-8H2,1H3,(H,17,18,19)/t10-,11-/m1/s1. The summed E-state index contributed by atoms with van der Waals surface area (Å²) in [6.45, 7) is 4.10. The number of hydrogen-bond acceptors (Lipinski definition) is 5.